The third-order valence-electron chi connectivity index (χ3n) is 4.37. The third kappa shape index (κ3) is 4.69. The summed E-state index contributed by atoms with van der Waals surface area (Å²) in [5.74, 6) is 1.26. The Hall–Kier alpha value is -2.77. The number of aromatic nitrogens is 2. The topological polar surface area (TPSA) is 60.6 Å². The molecule has 0 saturated carbocycles. The predicted molar refractivity (Wildman–Crippen MR) is 95.4 cm³/mol. The molecule has 7 heteroatoms. The lowest BCUT2D eigenvalue weighted by atomic mass is 10.1. The fraction of sp³-hybridized carbons (Fsp3) is 0.300. The van der Waals surface area contributed by atoms with Crippen LogP contribution in [0.25, 0.3) is 0 Å². The molecular weight excluding hydrogens is 349 g/mol. The van der Waals surface area contributed by atoms with Crippen molar-refractivity contribution < 1.29 is 18.4 Å². The standard InChI is InChI=1S/C20H20FN3O3/c21-16-6-8-17(9-7-16)26-14-19-22-20(27-23-19)13-24-10-11-25-18(12-24)15-4-2-1-3-5-15/h1-9,18H,10-14H2. The molecule has 4 rings (SSSR count). The summed E-state index contributed by atoms with van der Waals surface area (Å²) in [6.45, 7) is 2.98. The van der Waals surface area contributed by atoms with Gasteiger partial charge in [0.1, 0.15) is 11.6 Å². The lowest BCUT2D eigenvalue weighted by Gasteiger charge is -2.32. The molecule has 2 heterocycles. The number of rotatable bonds is 6. The van der Waals surface area contributed by atoms with E-state index in [1.807, 2.05) is 18.2 Å². The van der Waals surface area contributed by atoms with Gasteiger partial charge in [-0.3, -0.25) is 4.90 Å². The third-order valence-corrected chi connectivity index (χ3v) is 4.37. The van der Waals surface area contributed by atoms with Crippen LogP contribution in [0, 0.1) is 5.82 Å². The van der Waals surface area contributed by atoms with E-state index in [9.17, 15) is 4.39 Å². The molecule has 0 bridgehead atoms. The van der Waals surface area contributed by atoms with E-state index in [0.29, 0.717) is 30.6 Å². The normalized spacial score (nSPS) is 17.7. The van der Waals surface area contributed by atoms with Gasteiger partial charge in [-0.2, -0.15) is 4.98 Å². The fourth-order valence-electron chi connectivity index (χ4n) is 3.00. The monoisotopic (exact) mass is 369 g/mol. The van der Waals surface area contributed by atoms with Crippen molar-refractivity contribution in [3.8, 4) is 5.75 Å². The van der Waals surface area contributed by atoms with E-state index in [4.69, 9.17) is 14.0 Å². The van der Waals surface area contributed by atoms with Crippen molar-refractivity contribution in [3.63, 3.8) is 0 Å². The van der Waals surface area contributed by atoms with Crippen LogP contribution in [0.5, 0.6) is 5.75 Å². The Morgan fingerprint density at radius 2 is 1.93 bits per heavy atom. The highest BCUT2D eigenvalue weighted by Crippen LogP contribution is 2.22. The molecule has 0 N–H and O–H groups in total. The van der Waals surface area contributed by atoms with Crippen LogP contribution in [0.15, 0.2) is 59.1 Å². The maximum absolute atomic E-state index is 12.9. The molecule has 1 aliphatic rings. The van der Waals surface area contributed by atoms with Gasteiger partial charge in [-0.15, -0.1) is 0 Å². The van der Waals surface area contributed by atoms with Crippen LogP contribution in [0.3, 0.4) is 0 Å². The minimum absolute atomic E-state index is 0.0455. The highest BCUT2D eigenvalue weighted by Gasteiger charge is 2.23. The van der Waals surface area contributed by atoms with E-state index >= 15 is 0 Å². The summed E-state index contributed by atoms with van der Waals surface area (Å²) in [6.07, 6.45) is 0.0455. The summed E-state index contributed by atoms with van der Waals surface area (Å²) in [4.78, 5) is 6.61. The average molecular weight is 369 g/mol. The number of morpholine rings is 1. The molecule has 1 aromatic heterocycles. The summed E-state index contributed by atoms with van der Waals surface area (Å²) in [7, 11) is 0. The first-order valence-electron chi connectivity index (χ1n) is 8.85. The molecule has 0 radical (unpaired) electrons. The SMILES string of the molecule is Fc1ccc(OCc2noc(CN3CCOC(c4ccccc4)C3)n2)cc1. The van der Waals surface area contributed by atoms with Crippen LogP contribution in [-0.4, -0.2) is 34.7 Å². The zero-order valence-electron chi connectivity index (χ0n) is 14.8. The van der Waals surface area contributed by atoms with Gasteiger partial charge in [-0.05, 0) is 29.8 Å². The first-order valence-corrected chi connectivity index (χ1v) is 8.85. The molecule has 1 aliphatic heterocycles. The van der Waals surface area contributed by atoms with Gasteiger partial charge in [0.05, 0.1) is 19.3 Å². The highest BCUT2D eigenvalue weighted by molar-refractivity contribution is 5.22. The number of halogens is 1. The number of ether oxygens (including phenoxy) is 2. The molecule has 1 fully saturated rings. The maximum Gasteiger partial charge on any atom is 0.240 e. The molecule has 27 heavy (non-hydrogen) atoms. The van der Waals surface area contributed by atoms with Gasteiger partial charge in [-0.1, -0.05) is 35.5 Å². The molecule has 0 amide bonds. The minimum atomic E-state index is -0.302. The largest absolute Gasteiger partial charge is 0.485 e. The first kappa shape index (κ1) is 17.6. The quantitative estimate of drug-likeness (QED) is 0.664. The van der Waals surface area contributed by atoms with Gasteiger partial charge in [0, 0.05) is 13.1 Å². The molecule has 0 spiro atoms. The van der Waals surface area contributed by atoms with Crippen LogP contribution in [0.4, 0.5) is 4.39 Å². The molecule has 1 atom stereocenters. The Labute approximate surface area is 156 Å². The Morgan fingerprint density at radius 3 is 2.74 bits per heavy atom. The number of hydrogen-bond acceptors (Lipinski definition) is 6. The van der Waals surface area contributed by atoms with Crippen LogP contribution in [-0.2, 0) is 17.9 Å². The van der Waals surface area contributed by atoms with Crippen molar-refractivity contribution in [3.05, 3.63) is 77.7 Å². The zero-order chi connectivity index (χ0) is 18.5. The van der Waals surface area contributed by atoms with Crippen LogP contribution < -0.4 is 4.74 Å². The summed E-state index contributed by atoms with van der Waals surface area (Å²) >= 11 is 0. The van der Waals surface area contributed by atoms with Crippen molar-refractivity contribution in [1.29, 1.82) is 0 Å². The molecule has 1 unspecified atom stereocenters. The molecule has 140 valence electrons. The Balaban J connectivity index is 1.31. The van der Waals surface area contributed by atoms with Gasteiger partial charge >= 0.3 is 0 Å². The average Bonchev–Trinajstić information content (AvgIpc) is 3.16. The minimum Gasteiger partial charge on any atom is -0.485 e. The molecular formula is C20H20FN3O3. The number of hydrogen-bond donors (Lipinski definition) is 0. The van der Waals surface area contributed by atoms with Crippen LogP contribution >= 0.6 is 0 Å². The van der Waals surface area contributed by atoms with E-state index in [1.54, 1.807) is 12.1 Å². The van der Waals surface area contributed by atoms with E-state index in [0.717, 1.165) is 13.1 Å². The second-order valence-electron chi connectivity index (χ2n) is 6.35. The van der Waals surface area contributed by atoms with E-state index in [-0.39, 0.29) is 18.5 Å². The summed E-state index contributed by atoms with van der Waals surface area (Å²) in [5.41, 5.74) is 1.17. The predicted octanol–water partition coefficient (Wildman–Crippen LogP) is 3.36. The number of nitrogens with zero attached hydrogens (tertiary/aromatic N) is 3. The lowest BCUT2D eigenvalue weighted by Crippen LogP contribution is -2.37. The van der Waals surface area contributed by atoms with Crippen molar-refractivity contribution in [2.75, 3.05) is 19.7 Å². The van der Waals surface area contributed by atoms with Gasteiger partial charge in [-0.25, -0.2) is 4.39 Å². The highest BCUT2D eigenvalue weighted by atomic mass is 19.1. The fourth-order valence-corrected chi connectivity index (χ4v) is 3.00. The van der Waals surface area contributed by atoms with E-state index in [1.165, 1.54) is 17.7 Å². The zero-order valence-corrected chi connectivity index (χ0v) is 14.8. The van der Waals surface area contributed by atoms with E-state index in [2.05, 4.69) is 27.2 Å². The van der Waals surface area contributed by atoms with Crippen LogP contribution in [0.1, 0.15) is 23.4 Å². The molecule has 1 saturated heterocycles. The summed E-state index contributed by atoms with van der Waals surface area (Å²) in [6, 6.07) is 16.0. The van der Waals surface area contributed by atoms with Crippen LogP contribution in [0.2, 0.25) is 0 Å². The second-order valence-corrected chi connectivity index (χ2v) is 6.35. The van der Waals surface area contributed by atoms with Crippen molar-refractivity contribution in [2.24, 2.45) is 0 Å². The smallest absolute Gasteiger partial charge is 0.240 e. The Morgan fingerprint density at radius 1 is 1.11 bits per heavy atom. The van der Waals surface area contributed by atoms with E-state index < -0.39 is 0 Å². The van der Waals surface area contributed by atoms with Gasteiger partial charge in [0.25, 0.3) is 0 Å². The lowest BCUT2D eigenvalue weighted by molar-refractivity contribution is -0.0355. The molecule has 0 aliphatic carbocycles. The molecule has 3 aromatic rings. The summed E-state index contributed by atoms with van der Waals surface area (Å²) in [5, 5.41) is 3.95. The second kappa shape index (κ2) is 8.28. The van der Waals surface area contributed by atoms with Crippen molar-refractivity contribution >= 4 is 0 Å². The molecule has 6 nitrogen and oxygen atoms in total. The van der Waals surface area contributed by atoms with Gasteiger partial charge in [0.15, 0.2) is 6.61 Å². The Bertz CT molecular complexity index is 854. The molecule has 2 aromatic carbocycles. The van der Waals surface area contributed by atoms with Crippen molar-refractivity contribution in [2.45, 2.75) is 19.3 Å². The summed E-state index contributed by atoms with van der Waals surface area (Å²) < 4.78 is 29.7. The van der Waals surface area contributed by atoms with Crippen molar-refractivity contribution in [1.82, 2.24) is 15.0 Å². The van der Waals surface area contributed by atoms with Gasteiger partial charge in [0.2, 0.25) is 11.7 Å². The first-order chi connectivity index (χ1) is 13.3. The maximum atomic E-state index is 12.9. The Kier molecular flexibility index (Phi) is 5.41. The number of benzene rings is 2. The van der Waals surface area contributed by atoms with Gasteiger partial charge < -0.3 is 14.0 Å².